The Morgan fingerprint density at radius 2 is 1.90 bits per heavy atom. The summed E-state index contributed by atoms with van der Waals surface area (Å²) >= 11 is 0. The van der Waals surface area contributed by atoms with Crippen LogP contribution >= 0.6 is 0 Å². The number of hydrogen-bond acceptors (Lipinski definition) is 3. The summed E-state index contributed by atoms with van der Waals surface area (Å²) < 4.78 is 0. The van der Waals surface area contributed by atoms with E-state index in [0.29, 0.717) is 24.9 Å². The molecule has 2 amide bonds. The van der Waals surface area contributed by atoms with Gasteiger partial charge in [0.05, 0.1) is 0 Å². The summed E-state index contributed by atoms with van der Waals surface area (Å²) in [5.74, 6) is 0.906. The van der Waals surface area contributed by atoms with Crippen molar-refractivity contribution in [2.45, 2.75) is 64.0 Å². The molecule has 1 saturated heterocycles. The van der Waals surface area contributed by atoms with E-state index in [4.69, 9.17) is 5.73 Å². The number of nitrogens with one attached hydrogen (secondary N) is 1. The molecule has 2 aliphatic rings. The first kappa shape index (κ1) is 15.3. The van der Waals surface area contributed by atoms with E-state index in [2.05, 4.69) is 5.32 Å². The molecule has 1 saturated carbocycles. The average Bonchev–Trinajstić information content (AvgIpc) is 2.85. The molecule has 2 rings (SSSR count). The second kappa shape index (κ2) is 7.07. The molecule has 0 radical (unpaired) electrons. The van der Waals surface area contributed by atoms with Crippen LogP contribution in [0.3, 0.4) is 0 Å². The molecule has 5 heteroatoms. The van der Waals surface area contributed by atoms with Crippen LogP contribution in [0.1, 0.15) is 51.9 Å². The summed E-state index contributed by atoms with van der Waals surface area (Å²) in [5, 5.41) is 2.89. The van der Waals surface area contributed by atoms with E-state index >= 15 is 0 Å². The monoisotopic (exact) mass is 281 g/mol. The van der Waals surface area contributed by atoms with Gasteiger partial charge < -0.3 is 16.0 Å². The van der Waals surface area contributed by atoms with Crippen molar-refractivity contribution in [3.8, 4) is 0 Å². The normalized spacial score (nSPS) is 30.3. The fraction of sp³-hybridized carbons (Fsp3) is 0.867. The fourth-order valence-corrected chi connectivity index (χ4v) is 3.35. The summed E-state index contributed by atoms with van der Waals surface area (Å²) in [6.45, 7) is 2.98. The van der Waals surface area contributed by atoms with Crippen molar-refractivity contribution in [3.63, 3.8) is 0 Å². The topological polar surface area (TPSA) is 75.4 Å². The van der Waals surface area contributed by atoms with Gasteiger partial charge in [0.2, 0.25) is 11.8 Å². The summed E-state index contributed by atoms with van der Waals surface area (Å²) in [4.78, 5) is 25.1. The number of amides is 2. The number of nitrogens with zero attached hydrogens (tertiary/aromatic N) is 1. The highest BCUT2D eigenvalue weighted by molar-refractivity contribution is 5.77. The standard InChI is InChI=1S/C15H27N3O2/c1-11(19)17-14-8-9-18(10-14)15(20)7-4-12-2-5-13(16)6-3-12/h12-14H,2-10,16H2,1H3,(H,17,19). The lowest BCUT2D eigenvalue weighted by molar-refractivity contribution is -0.130. The van der Waals surface area contributed by atoms with Crippen LogP contribution in [0.2, 0.25) is 0 Å². The van der Waals surface area contributed by atoms with Gasteiger partial charge in [-0.3, -0.25) is 9.59 Å². The van der Waals surface area contributed by atoms with Gasteiger partial charge in [0.1, 0.15) is 0 Å². The largest absolute Gasteiger partial charge is 0.352 e. The maximum absolute atomic E-state index is 12.2. The third-order valence-electron chi connectivity index (χ3n) is 4.61. The molecule has 3 N–H and O–H groups in total. The van der Waals surface area contributed by atoms with Crippen molar-refractivity contribution in [1.29, 1.82) is 0 Å². The van der Waals surface area contributed by atoms with E-state index in [0.717, 1.165) is 32.2 Å². The molecule has 1 atom stereocenters. The Labute approximate surface area is 121 Å². The number of carbonyl (C=O) groups is 2. The van der Waals surface area contributed by atoms with Gasteiger partial charge in [-0.1, -0.05) is 0 Å². The predicted molar refractivity (Wildman–Crippen MR) is 78.0 cm³/mol. The molecular weight excluding hydrogens is 254 g/mol. The quantitative estimate of drug-likeness (QED) is 0.808. The first-order valence-electron chi connectivity index (χ1n) is 7.85. The molecule has 0 aromatic carbocycles. The van der Waals surface area contributed by atoms with Gasteiger partial charge in [0, 0.05) is 38.5 Å². The third-order valence-corrected chi connectivity index (χ3v) is 4.61. The van der Waals surface area contributed by atoms with Gasteiger partial charge in [0.15, 0.2) is 0 Å². The van der Waals surface area contributed by atoms with Gasteiger partial charge in [-0.05, 0) is 44.4 Å². The van der Waals surface area contributed by atoms with Crippen molar-refractivity contribution in [2.24, 2.45) is 11.7 Å². The van der Waals surface area contributed by atoms with Crippen molar-refractivity contribution in [1.82, 2.24) is 10.2 Å². The molecule has 0 aromatic heterocycles. The van der Waals surface area contributed by atoms with E-state index in [-0.39, 0.29) is 17.9 Å². The Kier molecular flexibility index (Phi) is 5.40. The Balaban J connectivity index is 1.66. The number of rotatable bonds is 4. The van der Waals surface area contributed by atoms with Crippen LogP contribution < -0.4 is 11.1 Å². The highest BCUT2D eigenvalue weighted by Crippen LogP contribution is 2.27. The average molecular weight is 281 g/mol. The predicted octanol–water partition coefficient (Wildman–Crippen LogP) is 1.02. The number of likely N-dealkylation sites (tertiary alicyclic amines) is 1. The zero-order valence-corrected chi connectivity index (χ0v) is 12.4. The summed E-state index contributed by atoms with van der Waals surface area (Å²) in [6.07, 6.45) is 7.06. The van der Waals surface area contributed by atoms with Crippen LogP contribution in [0.4, 0.5) is 0 Å². The molecule has 5 nitrogen and oxygen atoms in total. The smallest absolute Gasteiger partial charge is 0.222 e. The number of carbonyl (C=O) groups excluding carboxylic acids is 2. The zero-order chi connectivity index (χ0) is 14.5. The zero-order valence-electron chi connectivity index (χ0n) is 12.4. The van der Waals surface area contributed by atoms with E-state index in [9.17, 15) is 9.59 Å². The minimum absolute atomic E-state index is 0.0113. The Morgan fingerprint density at radius 1 is 1.20 bits per heavy atom. The van der Waals surface area contributed by atoms with Gasteiger partial charge >= 0.3 is 0 Å². The number of nitrogens with two attached hydrogens (primary N) is 1. The van der Waals surface area contributed by atoms with E-state index in [1.54, 1.807) is 0 Å². The molecule has 0 aromatic rings. The van der Waals surface area contributed by atoms with Crippen molar-refractivity contribution < 1.29 is 9.59 Å². The second-order valence-electron chi connectivity index (χ2n) is 6.35. The van der Waals surface area contributed by atoms with Crippen LogP contribution in [-0.4, -0.2) is 41.9 Å². The number of hydrogen-bond donors (Lipinski definition) is 2. The molecular formula is C15H27N3O2. The van der Waals surface area contributed by atoms with Gasteiger partial charge in [-0.25, -0.2) is 0 Å². The Bertz CT molecular complexity index is 351. The van der Waals surface area contributed by atoms with Crippen molar-refractivity contribution >= 4 is 11.8 Å². The van der Waals surface area contributed by atoms with E-state index in [1.165, 1.54) is 19.8 Å². The molecule has 1 aliphatic carbocycles. The molecule has 20 heavy (non-hydrogen) atoms. The van der Waals surface area contributed by atoms with Crippen LogP contribution in [0.15, 0.2) is 0 Å². The molecule has 0 bridgehead atoms. The maximum atomic E-state index is 12.2. The minimum atomic E-state index is -0.0113. The minimum Gasteiger partial charge on any atom is -0.352 e. The van der Waals surface area contributed by atoms with E-state index < -0.39 is 0 Å². The molecule has 114 valence electrons. The van der Waals surface area contributed by atoms with E-state index in [1.807, 2.05) is 4.90 Å². The molecule has 1 aliphatic heterocycles. The second-order valence-corrected chi connectivity index (χ2v) is 6.35. The highest BCUT2D eigenvalue weighted by Gasteiger charge is 2.27. The summed E-state index contributed by atoms with van der Waals surface area (Å²) in [6, 6.07) is 0.517. The van der Waals surface area contributed by atoms with Crippen LogP contribution in [0, 0.1) is 5.92 Å². The summed E-state index contributed by atoms with van der Waals surface area (Å²) in [7, 11) is 0. The molecule has 1 unspecified atom stereocenters. The summed E-state index contributed by atoms with van der Waals surface area (Å²) in [5.41, 5.74) is 5.90. The van der Waals surface area contributed by atoms with Crippen LogP contribution in [-0.2, 0) is 9.59 Å². The van der Waals surface area contributed by atoms with Crippen LogP contribution in [0.5, 0.6) is 0 Å². The molecule has 0 spiro atoms. The third kappa shape index (κ3) is 4.47. The highest BCUT2D eigenvalue weighted by atomic mass is 16.2. The van der Waals surface area contributed by atoms with Crippen LogP contribution in [0.25, 0.3) is 0 Å². The Hall–Kier alpha value is -1.10. The van der Waals surface area contributed by atoms with Gasteiger partial charge in [0.25, 0.3) is 0 Å². The molecule has 2 fully saturated rings. The molecule has 1 heterocycles. The van der Waals surface area contributed by atoms with Gasteiger partial charge in [-0.2, -0.15) is 0 Å². The Morgan fingerprint density at radius 3 is 2.55 bits per heavy atom. The lowest BCUT2D eigenvalue weighted by Gasteiger charge is -2.26. The van der Waals surface area contributed by atoms with Gasteiger partial charge in [-0.15, -0.1) is 0 Å². The SMILES string of the molecule is CC(=O)NC1CCN(C(=O)CCC2CCC(N)CC2)C1. The first-order chi connectivity index (χ1) is 9.54. The van der Waals surface area contributed by atoms with Crippen molar-refractivity contribution in [3.05, 3.63) is 0 Å². The maximum Gasteiger partial charge on any atom is 0.222 e. The lowest BCUT2D eigenvalue weighted by atomic mass is 9.84. The fourth-order valence-electron chi connectivity index (χ4n) is 3.35. The first-order valence-corrected chi connectivity index (χ1v) is 7.85. The van der Waals surface area contributed by atoms with Crippen molar-refractivity contribution in [2.75, 3.05) is 13.1 Å². The lowest BCUT2D eigenvalue weighted by Crippen LogP contribution is -2.37.